The number of nitro benzene ring substituents is 1. The summed E-state index contributed by atoms with van der Waals surface area (Å²) in [5, 5.41) is 24.6. The molecule has 0 atom stereocenters. The molecule has 0 aromatic heterocycles. The van der Waals surface area contributed by atoms with Crippen molar-refractivity contribution in [2.45, 2.75) is 20.8 Å². The molecule has 0 radical (unpaired) electrons. The van der Waals surface area contributed by atoms with Crippen LogP contribution >= 0.6 is 0 Å². The third-order valence-corrected chi connectivity index (χ3v) is 3.67. The first-order chi connectivity index (χ1) is 13.3. The number of hydrogen-bond donors (Lipinski definition) is 2. The van der Waals surface area contributed by atoms with E-state index in [0.717, 1.165) is 17.2 Å². The SMILES string of the molecule is CCOc1cc(/C=N/NC(=O)COc2ccc(C)cc2C)cc([N+](=O)[O-])c1O. The topological polar surface area (TPSA) is 123 Å². The highest BCUT2D eigenvalue weighted by Crippen LogP contribution is 2.36. The van der Waals surface area contributed by atoms with Gasteiger partial charge in [0.25, 0.3) is 5.91 Å². The number of ether oxygens (including phenoxy) is 2. The highest BCUT2D eigenvalue weighted by molar-refractivity contribution is 5.85. The van der Waals surface area contributed by atoms with Gasteiger partial charge in [-0.25, -0.2) is 5.43 Å². The highest BCUT2D eigenvalue weighted by Gasteiger charge is 2.19. The molecule has 28 heavy (non-hydrogen) atoms. The third kappa shape index (κ3) is 5.44. The number of phenolic OH excluding ortho intramolecular Hbond substituents is 1. The van der Waals surface area contributed by atoms with Gasteiger partial charge < -0.3 is 14.6 Å². The maximum absolute atomic E-state index is 11.9. The fourth-order valence-electron chi connectivity index (χ4n) is 2.41. The van der Waals surface area contributed by atoms with Crippen LogP contribution in [0, 0.1) is 24.0 Å². The molecule has 0 bridgehead atoms. The summed E-state index contributed by atoms with van der Waals surface area (Å²) in [6, 6.07) is 8.12. The van der Waals surface area contributed by atoms with E-state index in [0.29, 0.717) is 5.75 Å². The molecular weight excluding hydrogens is 366 g/mol. The molecule has 0 aliphatic carbocycles. The van der Waals surface area contributed by atoms with Crippen molar-refractivity contribution in [2.24, 2.45) is 5.10 Å². The first-order valence-electron chi connectivity index (χ1n) is 8.48. The Morgan fingerprint density at radius 2 is 2.00 bits per heavy atom. The summed E-state index contributed by atoms with van der Waals surface area (Å²) in [4.78, 5) is 22.2. The Bertz CT molecular complexity index is 911. The van der Waals surface area contributed by atoms with Crippen LogP contribution in [0.4, 0.5) is 5.69 Å². The number of hydrazone groups is 1. The van der Waals surface area contributed by atoms with Crippen LogP contribution in [0.15, 0.2) is 35.4 Å². The van der Waals surface area contributed by atoms with Gasteiger partial charge >= 0.3 is 5.69 Å². The number of amides is 1. The number of benzene rings is 2. The zero-order valence-electron chi connectivity index (χ0n) is 15.8. The Morgan fingerprint density at radius 1 is 1.25 bits per heavy atom. The smallest absolute Gasteiger partial charge is 0.315 e. The fourth-order valence-corrected chi connectivity index (χ4v) is 2.41. The summed E-state index contributed by atoms with van der Waals surface area (Å²) in [5.41, 5.74) is 4.05. The lowest BCUT2D eigenvalue weighted by atomic mass is 10.1. The van der Waals surface area contributed by atoms with Crippen molar-refractivity contribution in [3.05, 3.63) is 57.1 Å². The number of aryl methyl sites for hydroxylation is 2. The predicted octanol–water partition coefficient (Wildman–Crippen LogP) is 2.85. The molecule has 0 fully saturated rings. The second kappa shape index (κ2) is 9.36. The molecule has 2 aromatic rings. The quantitative estimate of drug-likeness (QED) is 0.408. The minimum atomic E-state index is -0.731. The summed E-state index contributed by atoms with van der Waals surface area (Å²) in [5.74, 6) is -0.493. The Labute approximate surface area is 161 Å². The lowest BCUT2D eigenvalue weighted by molar-refractivity contribution is -0.386. The van der Waals surface area contributed by atoms with Crippen LogP contribution in [0.3, 0.4) is 0 Å². The average Bonchev–Trinajstić information content (AvgIpc) is 2.63. The standard InChI is InChI=1S/C19H21N3O6/c1-4-27-17-9-14(8-15(19(17)24)22(25)26)10-20-21-18(23)11-28-16-6-5-12(2)7-13(16)3/h5-10,24H,4,11H2,1-3H3,(H,21,23)/b20-10+. The van der Waals surface area contributed by atoms with Crippen LogP contribution < -0.4 is 14.9 Å². The molecule has 0 saturated heterocycles. The number of rotatable bonds is 8. The van der Waals surface area contributed by atoms with Gasteiger partial charge in [-0.1, -0.05) is 17.7 Å². The Kier molecular flexibility index (Phi) is 6.91. The molecular formula is C19H21N3O6. The maximum Gasteiger partial charge on any atom is 0.315 e. The predicted molar refractivity (Wildman–Crippen MR) is 103 cm³/mol. The molecule has 0 unspecified atom stereocenters. The zero-order valence-corrected chi connectivity index (χ0v) is 15.8. The average molecular weight is 387 g/mol. The Hall–Kier alpha value is -3.62. The number of nitrogens with one attached hydrogen (secondary N) is 1. The van der Waals surface area contributed by atoms with E-state index >= 15 is 0 Å². The van der Waals surface area contributed by atoms with E-state index in [2.05, 4.69) is 10.5 Å². The summed E-state index contributed by atoms with van der Waals surface area (Å²) in [6.45, 7) is 5.51. The lowest BCUT2D eigenvalue weighted by Gasteiger charge is -2.09. The minimum Gasteiger partial charge on any atom is -0.500 e. The summed E-state index contributed by atoms with van der Waals surface area (Å²) in [7, 11) is 0. The molecule has 0 aliphatic heterocycles. The fraction of sp³-hybridized carbons (Fsp3) is 0.263. The van der Waals surface area contributed by atoms with Crippen LogP contribution in [0.5, 0.6) is 17.2 Å². The van der Waals surface area contributed by atoms with E-state index in [4.69, 9.17) is 9.47 Å². The number of aromatic hydroxyl groups is 1. The van der Waals surface area contributed by atoms with Crippen molar-refractivity contribution in [3.8, 4) is 17.2 Å². The molecule has 148 valence electrons. The number of hydrogen-bond acceptors (Lipinski definition) is 7. The van der Waals surface area contributed by atoms with Crippen LogP contribution in [-0.4, -0.2) is 35.4 Å². The lowest BCUT2D eigenvalue weighted by Crippen LogP contribution is -2.24. The normalized spacial score (nSPS) is 10.7. The number of carbonyl (C=O) groups is 1. The van der Waals surface area contributed by atoms with Gasteiger partial charge in [-0.15, -0.1) is 0 Å². The van der Waals surface area contributed by atoms with Crippen molar-refractivity contribution in [1.29, 1.82) is 0 Å². The van der Waals surface area contributed by atoms with E-state index in [9.17, 15) is 20.0 Å². The van der Waals surface area contributed by atoms with E-state index in [-0.39, 0.29) is 24.5 Å². The van der Waals surface area contributed by atoms with E-state index in [1.165, 1.54) is 12.3 Å². The minimum absolute atomic E-state index is 0.0392. The van der Waals surface area contributed by atoms with Gasteiger partial charge in [-0.05, 0) is 38.5 Å². The van der Waals surface area contributed by atoms with Gasteiger partial charge in [0.1, 0.15) is 5.75 Å². The monoisotopic (exact) mass is 387 g/mol. The van der Waals surface area contributed by atoms with Gasteiger partial charge in [0.05, 0.1) is 17.7 Å². The molecule has 9 nitrogen and oxygen atoms in total. The van der Waals surface area contributed by atoms with Crippen molar-refractivity contribution >= 4 is 17.8 Å². The van der Waals surface area contributed by atoms with Gasteiger partial charge in [0, 0.05) is 11.6 Å². The maximum atomic E-state index is 11.9. The van der Waals surface area contributed by atoms with Crippen molar-refractivity contribution in [1.82, 2.24) is 5.43 Å². The second-order valence-electron chi connectivity index (χ2n) is 5.93. The van der Waals surface area contributed by atoms with Crippen LogP contribution in [0.2, 0.25) is 0 Å². The Morgan fingerprint density at radius 3 is 2.64 bits per heavy atom. The molecule has 2 rings (SSSR count). The first-order valence-corrected chi connectivity index (χ1v) is 8.48. The van der Waals surface area contributed by atoms with E-state index in [1.54, 1.807) is 13.0 Å². The number of carbonyl (C=O) groups excluding carboxylic acids is 1. The molecule has 0 heterocycles. The largest absolute Gasteiger partial charge is 0.500 e. The molecule has 0 aliphatic rings. The molecule has 2 aromatic carbocycles. The van der Waals surface area contributed by atoms with Gasteiger partial charge in [-0.2, -0.15) is 5.10 Å². The van der Waals surface area contributed by atoms with E-state index in [1.807, 2.05) is 26.0 Å². The summed E-state index contributed by atoms with van der Waals surface area (Å²) < 4.78 is 10.6. The second-order valence-corrected chi connectivity index (χ2v) is 5.93. The number of phenols is 1. The Balaban J connectivity index is 2.01. The van der Waals surface area contributed by atoms with Crippen molar-refractivity contribution < 1.29 is 24.3 Å². The number of nitrogens with zero attached hydrogens (tertiary/aromatic N) is 2. The summed E-state index contributed by atoms with van der Waals surface area (Å²) in [6.07, 6.45) is 1.21. The van der Waals surface area contributed by atoms with Gasteiger partial charge in [0.15, 0.2) is 12.4 Å². The first kappa shape index (κ1) is 20.7. The van der Waals surface area contributed by atoms with Crippen LogP contribution in [0.25, 0.3) is 0 Å². The zero-order chi connectivity index (χ0) is 20.7. The van der Waals surface area contributed by atoms with Crippen LogP contribution in [0.1, 0.15) is 23.6 Å². The molecule has 9 heteroatoms. The molecule has 0 saturated carbocycles. The van der Waals surface area contributed by atoms with Crippen LogP contribution in [-0.2, 0) is 4.79 Å². The highest BCUT2D eigenvalue weighted by atomic mass is 16.6. The van der Waals surface area contributed by atoms with Crippen molar-refractivity contribution in [3.63, 3.8) is 0 Å². The van der Waals surface area contributed by atoms with Gasteiger partial charge in [-0.3, -0.25) is 14.9 Å². The summed E-state index contributed by atoms with van der Waals surface area (Å²) >= 11 is 0. The molecule has 1 amide bonds. The molecule has 2 N–H and O–H groups in total. The van der Waals surface area contributed by atoms with E-state index < -0.39 is 22.3 Å². The van der Waals surface area contributed by atoms with Crippen molar-refractivity contribution in [2.75, 3.05) is 13.2 Å². The molecule has 0 spiro atoms. The number of nitro groups is 1. The third-order valence-electron chi connectivity index (χ3n) is 3.67. The van der Waals surface area contributed by atoms with Gasteiger partial charge in [0.2, 0.25) is 5.75 Å².